The highest BCUT2D eigenvalue weighted by Crippen LogP contribution is 2.45. The summed E-state index contributed by atoms with van der Waals surface area (Å²) < 4.78 is 11.0. The fourth-order valence-electron chi connectivity index (χ4n) is 6.10. The molecule has 1 saturated carbocycles. The predicted molar refractivity (Wildman–Crippen MR) is 175 cm³/mol. The molecule has 14 nitrogen and oxygen atoms in total. The minimum absolute atomic E-state index is 0.0255. The number of nitrogens with zero attached hydrogens (tertiary/aromatic N) is 5. The Hall–Kier alpha value is -4.46. The summed E-state index contributed by atoms with van der Waals surface area (Å²) in [7, 11) is 0. The lowest BCUT2D eigenvalue weighted by Gasteiger charge is -2.30. The second-order valence-electron chi connectivity index (χ2n) is 13.4. The van der Waals surface area contributed by atoms with E-state index >= 15 is 0 Å². The number of alkyl carbamates (subject to hydrolysis) is 1. The monoisotopic (exact) mass is 683 g/mol. The minimum Gasteiger partial charge on any atom is -0.488 e. The van der Waals surface area contributed by atoms with Gasteiger partial charge in [0.05, 0.1) is 11.1 Å². The number of ether oxygens (including phenoxy) is 2. The maximum atomic E-state index is 14.2. The number of allylic oxidation sites excluding steroid dienone is 1. The third kappa shape index (κ3) is 7.97. The van der Waals surface area contributed by atoms with Gasteiger partial charge in [-0.05, 0) is 69.9 Å². The molecule has 2 aliphatic heterocycles. The Morgan fingerprint density at radius 2 is 2.04 bits per heavy atom. The zero-order chi connectivity index (χ0) is 34.6. The standard InChI is InChI=1S/C33H42ClN7O7/c1-5-15-47-26-14-13-20(16-23(26)34)27-37-39-41(38-27)22-17-25-28(42)36-33(30(44)45)18-21(33)11-9-7-6-8-10-12-24(29(43)40(25)19-22)35-31(46)48-32(2,3)4/h5,9,11,13-14,16,21-22,24-25H,1,6-8,10,12,15,17-19H2,2-4H3,(H,35,46)(H,36,42)(H,44,45)/b11-9-/t21-,22-,24+,25+,33-/m1/s1. The van der Waals surface area contributed by atoms with Gasteiger partial charge in [-0.15, -0.1) is 10.2 Å². The summed E-state index contributed by atoms with van der Waals surface area (Å²) in [4.78, 5) is 56.0. The van der Waals surface area contributed by atoms with Crippen LogP contribution in [-0.2, 0) is 19.1 Å². The Morgan fingerprint density at radius 3 is 2.75 bits per heavy atom. The van der Waals surface area contributed by atoms with E-state index in [0.717, 1.165) is 19.3 Å². The van der Waals surface area contributed by atoms with Gasteiger partial charge in [-0.2, -0.15) is 4.80 Å². The lowest BCUT2D eigenvalue weighted by Crippen LogP contribution is -2.56. The van der Waals surface area contributed by atoms with E-state index in [4.69, 9.17) is 21.1 Å². The number of rotatable bonds is 7. The van der Waals surface area contributed by atoms with Crippen LogP contribution in [0.2, 0.25) is 5.02 Å². The van der Waals surface area contributed by atoms with Gasteiger partial charge in [-0.1, -0.05) is 49.2 Å². The number of hydrogen-bond acceptors (Lipinski definition) is 9. The number of tetrazole rings is 1. The summed E-state index contributed by atoms with van der Waals surface area (Å²) in [5, 5.41) is 28.9. The summed E-state index contributed by atoms with van der Waals surface area (Å²) >= 11 is 6.39. The van der Waals surface area contributed by atoms with Crippen LogP contribution < -0.4 is 15.4 Å². The van der Waals surface area contributed by atoms with Gasteiger partial charge in [-0.3, -0.25) is 9.59 Å². The highest BCUT2D eigenvalue weighted by atomic mass is 35.5. The predicted octanol–water partition coefficient (Wildman–Crippen LogP) is 4.07. The van der Waals surface area contributed by atoms with Gasteiger partial charge in [-0.25, -0.2) is 9.59 Å². The van der Waals surface area contributed by atoms with E-state index < -0.39 is 53.1 Å². The Balaban J connectivity index is 1.43. The van der Waals surface area contributed by atoms with E-state index in [1.54, 1.807) is 45.0 Å². The van der Waals surface area contributed by atoms with Crippen LogP contribution in [0.4, 0.5) is 4.79 Å². The fraction of sp³-hybridized carbons (Fsp3) is 0.545. The molecule has 1 aromatic heterocycles. The summed E-state index contributed by atoms with van der Waals surface area (Å²) in [5.41, 5.74) is -1.66. The molecule has 258 valence electrons. The Labute approximate surface area is 283 Å². The topological polar surface area (TPSA) is 178 Å². The normalized spacial score (nSPS) is 27.0. The Morgan fingerprint density at radius 1 is 1.25 bits per heavy atom. The summed E-state index contributed by atoms with van der Waals surface area (Å²) in [6.07, 6.45) is 8.34. The van der Waals surface area contributed by atoms with Crippen molar-refractivity contribution in [2.75, 3.05) is 13.2 Å². The molecule has 3 aliphatic rings. The van der Waals surface area contributed by atoms with Crippen LogP contribution in [0.1, 0.15) is 71.8 Å². The highest BCUT2D eigenvalue weighted by Gasteiger charge is 2.61. The smallest absolute Gasteiger partial charge is 0.408 e. The molecule has 1 aliphatic carbocycles. The van der Waals surface area contributed by atoms with Gasteiger partial charge in [0.25, 0.3) is 0 Å². The highest BCUT2D eigenvalue weighted by molar-refractivity contribution is 6.32. The second kappa shape index (κ2) is 14.3. The number of halogens is 1. The summed E-state index contributed by atoms with van der Waals surface area (Å²) in [5.74, 6) is -1.82. The number of carbonyl (C=O) groups is 4. The van der Waals surface area contributed by atoms with Crippen molar-refractivity contribution in [3.05, 3.63) is 48.0 Å². The number of carboxylic acids is 1. The zero-order valence-electron chi connectivity index (χ0n) is 27.4. The molecule has 0 spiro atoms. The van der Waals surface area contributed by atoms with Crippen LogP contribution >= 0.6 is 11.6 Å². The maximum absolute atomic E-state index is 14.2. The molecular weight excluding hydrogens is 642 g/mol. The van der Waals surface area contributed by atoms with Crippen molar-refractivity contribution >= 4 is 35.5 Å². The number of carbonyl (C=O) groups excluding carboxylic acids is 3. The van der Waals surface area contributed by atoms with E-state index in [9.17, 15) is 24.3 Å². The largest absolute Gasteiger partial charge is 0.488 e. The molecule has 3 N–H and O–H groups in total. The molecule has 2 fully saturated rings. The molecule has 1 aromatic carbocycles. The van der Waals surface area contributed by atoms with Crippen LogP contribution in [0, 0.1) is 5.92 Å². The van der Waals surface area contributed by atoms with Crippen molar-refractivity contribution in [3.8, 4) is 17.1 Å². The first-order valence-electron chi connectivity index (χ1n) is 16.2. The van der Waals surface area contributed by atoms with Gasteiger partial charge in [0, 0.05) is 24.4 Å². The number of benzene rings is 1. The first-order valence-corrected chi connectivity index (χ1v) is 16.5. The van der Waals surface area contributed by atoms with Crippen molar-refractivity contribution < 1.29 is 33.8 Å². The molecule has 1 saturated heterocycles. The first-order chi connectivity index (χ1) is 22.8. The minimum atomic E-state index is -1.45. The zero-order valence-corrected chi connectivity index (χ0v) is 28.1. The molecule has 15 heteroatoms. The number of aromatic nitrogens is 4. The van der Waals surface area contributed by atoms with Gasteiger partial charge >= 0.3 is 12.1 Å². The molecule has 0 radical (unpaired) electrons. The van der Waals surface area contributed by atoms with E-state index in [-0.39, 0.29) is 37.7 Å². The Kier molecular flexibility index (Phi) is 10.4. The second-order valence-corrected chi connectivity index (χ2v) is 13.8. The lowest BCUT2D eigenvalue weighted by atomic mass is 10.0. The quantitative estimate of drug-likeness (QED) is 0.360. The van der Waals surface area contributed by atoms with E-state index in [2.05, 4.69) is 32.6 Å². The number of hydrogen-bond donors (Lipinski definition) is 3. The molecule has 3 amide bonds. The average Bonchev–Trinajstić information content (AvgIpc) is 3.32. The molecule has 5 atom stereocenters. The van der Waals surface area contributed by atoms with E-state index in [1.807, 2.05) is 12.2 Å². The third-order valence-electron chi connectivity index (χ3n) is 8.63. The summed E-state index contributed by atoms with van der Waals surface area (Å²) in [6, 6.07) is 2.47. The molecule has 0 unspecified atom stereocenters. The Bertz CT molecular complexity index is 1590. The van der Waals surface area contributed by atoms with Gasteiger partial charge in [0.2, 0.25) is 17.6 Å². The molecule has 2 aromatic rings. The van der Waals surface area contributed by atoms with Crippen molar-refractivity contribution in [1.82, 2.24) is 35.7 Å². The number of carboxylic acid groups (broad SMARTS) is 1. The van der Waals surface area contributed by atoms with Crippen molar-refractivity contribution in [3.63, 3.8) is 0 Å². The van der Waals surface area contributed by atoms with Gasteiger partial charge < -0.3 is 30.1 Å². The molecular formula is C33H42ClN7O7. The molecule has 0 bridgehead atoms. The number of aliphatic carboxylic acids is 1. The van der Waals surface area contributed by atoms with Crippen LogP contribution in [0.25, 0.3) is 11.4 Å². The van der Waals surface area contributed by atoms with E-state index in [1.165, 1.54) is 9.70 Å². The summed E-state index contributed by atoms with van der Waals surface area (Å²) in [6.45, 7) is 9.13. The van der Waals surface area contributed by atoms with Crippen molar-refractivity contribution in [1.29, 1.82) is 0 Å². The SMILES string of the molecule is C=CCOc1ccc(-c2nnn([C@@H]3C[C@H]4C(=O)N[C@]5(C(=O)O)C[C@H]5/C=C\CCCCC[C@H](NC(=O)OC(C)(C)C)C(=O)N4C3)n2)cc1Cl. The lowest BCUT2D eigenvalue weighted by molar-refractivity contribution is -0.145. The molecule has 5 rings (SSSR count). The van der Waals surface area contributed by atoms with Crippen LogP contribution in [0.3, 0.4) is 0 Å². The number of fused-ring (bicyclic) bond motifs is 2. The van der Waals surface area contributed by atoms with Crippen molar-refractivity contribution in [2.45, 2.75) is 95.0 Å². The number of amides is 3. The average molecular weight is 684 g/mol. The third-order valence-corrected chi connectivity index (χ3v) is 8.93. The maximum Gasteiger partial charge on any atom is 0.408 e. The van der Waals surface area contributed by atoms with Crippen molar-refractivity contribution in [2.24, 2.45) is 5.92 Å². The van der Waals surface area contributed by atoms with Crippen LogP contribution in [0.15, 0.2) is 43.0 Å². The first kappa shape index (κ1) is 34.9. The van der Waals surface area contributed by atoms with Gasteiger partial charge in [0.15, 0.2) is 0 Å². The van der Waals surface area contributed by atoms with Crippen LogP contribution in [0.5, 0.6) is 5.75 Å². The molecule has 48 heavy (non-hydrogen) atoms. The van der Waals surface area contributed by atoms with E-state index in [0.29, 0.717) is 29.2 Å². The number of nitrogens with one attached hydrogen (secondary N) is 2. The fourth-order valence-corrected chi connectivity index (χ4v) is 6.33. The van der Waals surface area contributed by atoms with Crippen LogP contribution in [-0.4, -0.2) is 90.5 Å². The molecule has 3 heterocycles. The van der Waals surface area contributed by atoms with Gasteiger partial charge in [0.1, 0.15) is 35.6 Å².